The number of nitrogens with zero attached hydrogens (tertiary/aromatic N) is 3. The van der Waals surface area contributed by atoms with Gasteiger partial charge in [-0.1, -0.05) is 11.3 Å². The molecule has 3 rings (SSSR count). The smallest absolute Gasteiger partial charge is 0.334 e. The zero-order valence-electron chi connectivity index (χ0n) is 16.3. The molecule has 0 bridgehead atoms. The Morgan fingerprint density at radius 1 is 1.00 bits per heavy atom. The lowest BCUT2D eigenvalue weighted by Crippen LogP contribution is -2.28. The normalized spacial score (nSPS) is 11.0. The number of halogens is 4. The highest BCUT2D eigenvalue weighted by Crippen LogP contribution is 2.33. The van der Waals surface area contributed by atoms with Crippen molar-refractivity contribution in [3.63, 3.8) is 0 Å². The zero-order valence-corrected chi connectivity index (χ0v) is 16.3. The number of carbonyl (C=O) groups excluding carboxylic acids is 2. The van der Waals surface area contributed by atoms with E-state index < -0.39 is 35.3 Å². The summed E-state index contributed by atoms with van der Waals surface area (Å²) in [6, 6.07) is 9.28. The molecule has 0 aliphatic rings. The van der Waals surface area contributed by atoms with Gasteiger partial charge in [0.2, 0.25) is 0 Å². The maximum atomic E-state index is 13.7. The fourth-order valence-corrected chi connectivity index (χ4v) is 2.62. The summed E-state index contributed by atoms with van der Waals surface area (Å²) in [5.41, 5.74) is -1.92. The van der Waals surface area contributed by atoms with E-state index in [4.69, 9.17) is 0 Å². The Kier molecular flexibility index (Phi) is 6.52. The fraction of sp³-hybridized carbons (Fsp3) is 0.100. The standard InChI is InChI=1S/C20H16F4N6O2/c1-2-11-25-19(32)27-14-7-5-13(6-8-14)26-18(31)16-17(20(22,23)24)30(29-28-16)15-9-3-12(21)4-10-15/h2-10H,1,11H2,(H,26,31)(H2,25,27,32). The average molecular weight is 448 g/mol. The van der Waals surface area contributed by atoms with Gasteiger partial charge in [-0.25, -0.2) is 13.9 Å². The molecule has 0 aliphatic carbocycles. The lowest BCUT2D eigenvalue weighted by molar-refractivity contribution is -0.143. The van der Waals surface area contributed by atoms with Crippen molar-refractivity contribution in [1.29, 1.82) is 0 Å². The minimum Gasteiger partial charge on any atom is -0.334 e. The highest BCUT2D eigenvalue weighted by Gasteiger charge is 2.42. The molecule has 2 aromatic carbocycles. The number of amides is 3. The first-order chi connectivity index (χ1) is 15.2. The van der Waals surface area contributed by atoms with Crippen molar-refractivity contribution in [2.24, 2.45) is 0 Å². The quantitative estimate of drug-likeness (QED) is 0.392. The molecule has 0 aliphatic heterocycles. The summed E-state index contributed by atoms with van der Waals surface area (Å²) in [5, 5.41) is 14.1. The zero-order chi connectivity index (χ0) is 23.3. The van der Waals surface area contributed by atoms with Crippen LogP contribution in [-0.4, -0.2) is 33.5 Å². The summed E-state index contributed by atoms with van der Waals surface area (Å²) in [7, 11) is 0. The van der Waals surface area contributed by atoms with Gasteiger partial charge in [-0.2, -0.15) is 13.2 Å². The van der Waals surface area contributed by atoms with Gasteiger partial charge in [0.05, 0.1) is 5.69 Å². The Hall–Kier alpha value is -4.22. The minimum atomic E-state index is -4.96. The molecule has 0 saturated heterocycles. The number of rotatable bonds is 6. The molecule has 32 heavy (non-hydrogen) atoms. The lowest BCUT2D eigenvalue weighted by Gasteiger charge is -2.11. The highest BCUT2D eigenvalue weighted by atomic mass is 19.4. The topological polar surface area (TPSA) is 101 Å². The molecule has 12 heteroatoms. The number of urea groups is 1. The Bertz CT molecular complexity index is 1120. The molecular formula is C20H16F4N6O2. The number of benzene rings is 2. The number of carbonyl (C=O) groups is 2. The molecule has 166 valence electrons. The molecule has 0 radical (unpaired) electrons. The summed E-state index contributed by atoms with van der Waals surface area (Å²) >= 11 is 0. The molecule has 1 aromatic heterocycles. The van der Waals surface area contributed by atoms with Crippen LogP contribution >= 0.6 is 0 Å². The number of hydrogen-bond donors (Lipinski definition) is 3. The summed E-state index contributed by atoms with van der Waals surface area (Å²) in [6.07, 6.45) is -3.46. The van der Waals surface area contributed by atoms with Crippen LogP contribution in [0.1, 0.15) is 16.2 Å². The van der Waals surface area contributed by atoms with Gasteiger partial charge in [-0.05, 0) is 48.5 Å². The van der Waals surface area contributed by atoms with E-state index in [0.29, 0.717) is 10.4 Å². The number of alkyl halides is 3. The van der Waals surface area contributed by atoms with Crippen LogP contribution in [0.15, 0.2) is 61.2 Å². The van der Waals surface area contributed by atoms with Crippen LogP contribution in [0.4, 0.5) is 33.7 Å². The van der Waals surface area contributed by atoms with E-state index in [0.717, 1.165) is 24.3 Å². The Labute approximate surface area is 178 Å². The van der Waals surface area contributed by atoms with Gasteiger partial charge in [0.25, 0.3) is 5.91 Å². The van der Waals surface area contributed by atoms with Gasteiger partial charge >= 0.3 is 12.2 Å². The maximum absolute atomic E-state index is 13.7. The molecule has 1 heterocycles. The maximum Gasteiger partial charge on any atom is 0.435 e. The van der Waals surface area contributed by atoms with E-state index in [1.54, 1.807) is 0 Å². The van der Waals surface area contributed by atoms with Crippen molar-refractivity contribution >= 4 is 23.3 Å². The molecule has 3 aromatic rings. The number of anilines is 2. The van der Waals surface area contributed by atoms with Crippen LogP contribution in [0.5, 0.6) is 0 Å². The minimum absolute atomic E-state index is 0.115. The Morgan fingerprint density at radius 2 is 1.59 bits per heavy atom. The van der Waals surface area contributed by atoms with Crippen molar-refractivity contribution < 1.29 is 27.2 Å². The third-order valence-electron chi connectivity index (χ3n) is 4.03. The van der Waals surface area contributed by atoms with Gasteiger partial charge in [0, 0.05) is 17.9 Å². The Balaban J connectivity index is 1.80. The average Bonchev–Trinajstić information content (AvgIpc) is 3.20. The van der Waals surface area contributed by atoms with Crippen molar-refractivity contribution in [1.82, 2.24) is 20.3 Å². The molecular weight excluding hydrogens is 432 g/mol. The second kappa shape index (κ2) is 9.29. The third kappa shape index (κ3) is 5.28. The summed E-state index contributed by atoms with van der Waals surface area (Å²) in [5.74, 6) is -1.79. The molecule has 0 atom stereocenters. The van der Waals surface area contributed by atoms with Crippen LogP contribution in [0.25, 0.3) is 5.69 Å². The second-order valence-corrected chi connectivity index (χ2v) is 6.33. The van der Waals surface area contributed by atoms with Gasteiger partial charge in [-0.15, -0.1) is 11.7 Å². The van der Waals surface area contributed by atoms with Gasteiger partial charge < -0.3 is 16.0 Å². The van der Waals surface area contributed by atoms with Crippen molar-refractivity contribution in [3.8, 4) is 5.69 Å². The third-order valence-corrected chi connectivity index (χ3v) is 4.03. The molecule has 0 fully saturated rings. The van der Waals surface area contributed by atoms with Crippen LogP contribution < -0.4 is 16.0 Å². The number of aromatic nitrogens is 3. The highest BCUT2D eigenvalue weighted by molar-refractivity contribution is 6.04. The summed E-state index contributed by atoms with van der Waals surface area (Å²) < 4.78 is 54.5. The van der Waals surface area contributed by atoms with Crippen LogP contribution in [-0.2, 0) is 6.18 Å². The largest absolute Gasteiger partial charge is 0.435 e. The molecule has 3 N–H and O–H groups in total. The van der Waals surface area contributed by atoms with E-state index in [1.165, 1.54) is 30.3 Å². The van der Waals surface area contributed by atoms with Gasteiger partial charge in [-0.3, -0.25) is 4.79 Å². The van der Waals surface area contributed by atoms with Gasteiger partial charge in [0.1, 0.15) is 5.82 Å². The first-order valence-electron chi connectivity index (χ1n) is 9.05. The van der Waals surface area contributed by atoms with E-state index in [1.807, 2.05) is 0 Å². The van der Waals surface area contributed by atoms with Crippen molar-refractivity contribution in [2.75, 3.05) is 17.2 Å². The monoisotopic (exact) mass is 448 g/mol. The molecule has 0 spiro atoms. The predicted molar refractivity (Wildman–Crippen MR) is 108 cm³/mol. The molecule has 8 nitrogen and oxygen atoms in total. The summed E-state index contributed by atoms with van der Waals surface area (Å²) in [4.78, 5) is 24.1. The lowest BCUT2D eigenvalue weighted by atomic mass is 10.2. The van der Waals surface area contributed by atoms with E-state index in [2.05, 4.69) is 32.8 Å². The first-order valence-corrected chi connectivity index (χ1v) is 9.05. The SMILES string of the molecule is C=CCNC(=O)Nc1ccc(NC(=O)c2nnn(-c3ccc(F)cc3)c2C(F)(F)F)cc1. The van der Waals surface area contributed by atoms with Crippen LogP contribution in [0.2, 0.25) is 0 Å². The van der Waals surface area contributed by atoms with E-state index in [-0.39, 0.29) is 17.9 Å². The first kappa shape index (κ1) is 22.5. The predicted octanol–water partition coefficient (Wildman–Crippen LogP) is 3.99. The van der Waals surface area contributed by atoms with Gasteiger partial charge in [0.15, 0.2) is 11.4 Å². The molecule has 0 unspecified atom stereocenters. The number of nitrogens with one attached hydrogen (secondary N) is 3. The second-order valence-electron chi connectivity index (χ2n) is 6.33. The fourth-order valence-electron chi connectivity index (χ4n) is 2.62. The van der Waals surface area contributed by atoms with E-state index >= 15 is 0 Å². The van der Waals surface area contributed by atoms with Crippen molar-refractivity contribution in [3.05, 3.63) is 78.4 Å². The number of hydrogen-bond acceptors (Lipinski definition) is 4. The van der Waals surface area contributed by atoms with Crippen molar-refractivity contribution in [2.45, 2.75) is 6.18 Å². The molecule has 0 saturated carbocycles. The van der Waals surface area contributed by atoms with E-state index in [9.17, 15) is 27.2 Å². The summed E-state index contributed by atoms with van der Waals surface area (Å²) in [6.45, 7) is 3.73. The molecule has 3 amide bonds. The Morgan fingerprint density at radius 3 is 2.16 bits per heavy atom. The van der Waals surface area contributed by atoms with Crippen LogP contribution in [0.3, 0.4) is 0 Å². The van der Waals surface area contributed by atoms with Crippen LogP contribution in [0, 0.1) is 5.82 Å².